The van der Waals surface area contributed by atoms with E-state index in [-0.39, 0.29) is 5.91 Å². The molecule has 1 rings (SSSR count). The number of aromatic nitrogens is 1. The van der Waals surface area contributed by atoms with Crippen LogP contribution >= 0.6 is 27.3 Å². The molecule has 0 aliphatic carbocycles. The van der Waals surface area contributed by atoms with E-state index in [1.807, 2.05) is 11.5 Å². The molecule has 0 saturated heterocycles. The normalized spacial score (nSPS) is 11.0. The summed E-state index contributed by atoms with van der Waals surface area (Å²) >= 11 is 4.90. The summed E-state index contributed by atoms with van der Waals surface area (Å²) in [6.45, 7) is 0. The van der Waals surface area contributed by atoms with Crippen LogP contribution in [0.15, 0.2) is 15.4 Å². The van der Waals surface area contributed by atoms with E-state index in [2.05, 4.69) is 27.0 Å². The summed E-state index contributed by atoms with van der Waals surface area (Å²) in [7, 11) is 0. The van der Waals surface area contributed by atoms with Crippen molar-refractivity contribution in [1.29, 1.82) is 0 Å². The van der Waals surface area contributed by atoms with Crippen LogP contribution in [-0.4, -0.2) is 16.1 Å². The first-order valence-corrected chi connectivity index (χ1v) is 7.60. The van der Waals surface area contributed by atoms with E-state index in [0.717, 1.165) is 41.7 Å². The highest BCUT2D eigenvalue weighted by molar-refractivity contribution is 9.11. The lowest BCUT2D eigenvalue weighted by Crippen LogP contribution is -2.17. The van der Waals surface area contributed by atoms with Gasteiger partial charge >= 0.3 is 0 Å². The van der Waals surface area contributed by atoms with Crippen molar-refractivity contribution in [2.45, 2.75) is 38.5 Å². The maximum absolute atomic E-state index is 10.7. The van der Waals surface area contributed by atoms with Crippen LogP contribution < -0.4 is 5.48 Å². The number of hydrogen-bond acceptors (Lipinski definition) is 4. The molecule has 0 bridgehead atoms. The summed E-state index contributed by atoms with van der Waals surface area (Å²) in [5.74, 6) is -0.302. The molecule has 1 aromatic rings. The Kier molecular flexibility index (Phi) is 7.88. The third kappa shape index (κ3) is 6.88. The molecule has 0 aliphatic heterocycles. The fourth-order valence-electron chi connectivity index (χ4n) is 1.50. The zero-order chi connectivity index (χ0) is 13.2. The molecule has 0 atom stereocenters. The zero-order valence-corrected chi connectivity index (χ0v) is 12.5. The fraction of sp³-hybridized carbons (Fsp3) is 0.500. The third-order valence-electron chi connectivity index (χ3n) is 2.43. The first-order chi connectivity index (χ1) is 8.72. The Hall–Kier alpha value is -0.720. The summed E-state index contributed by atoms with van der Waals surface area (Å²) in [6, 6.07) is 0. The highest BCUT2D eigenvalue weighted by Gasteiger charge is 1.97. The first-order valence-electron chi connectivity index (χ1n) is 5.93. The van der Waals surface area contributed by atoms with Crippen molar-refractivity contribution in [3.63, 3.8) is 0 Å². The molecule has 0 spiro atoms. The molecule has 0 unspecified atom stereocenters. The second-order valence-corrected chi connectivity index (χ2v) is 6.05. The van der Waals surface area contributed by atoms with Crippen LogP contribution in [0, 0.1) is 0 Å². The predicted molar refractivity (Wildman–Crippen MR) is 76.5 cm³/mol. The van der Waals surface area contributed by atoms with E-state index in [9.17, 15) is 4.79 Å². The number of nitrogens with zero attached hydrogens (tertiary/aromatic N) is 1. The maximum Gasteiger partial charge on any atom is 0.243 e. The second-order valence-electron chi connectivity index (χ2n) is 3.92. The summed E-state index contributed by atoms with van der Waals surface area (Å²) in [5.41, 5.74) is 2.63. The van der Waals surface area contributed by atoms with Crippen LogP contribution in [-0.2, 0) is 4.79 Å². The number of hydrogen-bond donors (Lipinski definition) is 2. The number of nitrogens with one attached hydrogen (secondary N) is 1. The fourth-order valence-corrected chi connectivity index (χ4v) is 2.49. The van der Waals surface area contributed by atoms with Gasteiger partial charge in [-0.15, -0.1) is 11.3 Å². The molecule has 1 heterocycles. The van der Waals surface area contributed by atoms with E-state index in [0.29, 0.717) is 6.42 Å². The standard InChI is InChI=1S/C12H17BrN2O2S/c13-12-14-10(9-18-12)7-5-3-1-2-4-6-8-11(16)15-17/h5,7,9,17H,1-4,6,8H2,(H,15,16)/b7-5+. The Morgan fingerprint density at radius 2 is 2.22 bits per heavy atom. The Bertz CT molecular complexity index is 393. The molecule has 0 aliphatic rings. The van der Waals surface area contributed by atoms with Crippen LogP contribution in [0.25, 0.3) is 6.08 Å². The van der Waals surface area contributed by atoms with Crippen molar-refractivity contribution in [2.24, 2.45) is 0 Å². The number of allylic oxidation sites excluding steroid dienone is 1. The van der Waals surface area contributed by atoms with Crippen LogP contribution in [0.2, 0.25) is 0 Å². The molecule has 0 fully saturated rings. The molecule has 18 heavy (non-hydrogen) atoms. The minimum atomic E-state index is -0.302. The molecule has 2 N–H and O–H groups in total. The summed E-state index contributed by atoms with van der Waals surface area (Å²) in [4.78, 5) is 15.0. The van der Waals surface area contributed by atoms with Gasteiger partial charge in [0.1, 0.15) is 0 Å². The van der Waals surface area contributed by atoms with E-state index in [1.54, 1.807) is 16.8 Å². The van der Waals surface area contributed by atoms with Crippen LogP contribution in [0.5, 0.6) is 0 Å². The maximum atomic E-state index is 10.7. The van der Waals surface area contributed by atoms with Gasteiger partial charge in [-0.3, -0.25) is 10.0 Å². The average Bonchev–Trinajstić information content (AvgIpc) is 2.78. The number of hydroxylamine groups is 1. The highest BCUT2D eigenvalue weighted by Crippen LogP contribution is 2.17. The quantitative estimate of drug-likeness (QED) is 0.432. The average molecular weight is 333 g/mol. The monoisotopic (exact) mass is 332 g/mol. The van der Waals surface area contributed by atoms with Crippen molar-refractivity contribution in [2.75, 3.05) is 0 Å². The van der Waals surface area contributed by atoms with Crippen molar-refractivity contribution < 1.29 is 10.0 Å². The number of carbonyl (C=O) groups is 1. The van der Waals surface area contributed by atoms with E-state index >= 15 is 0 Å². The van der Waals surface area contributed by atoms with Gasteiger partial charge in [0.05, 0.1) is 5.69 Å². The minimum Gasteiger partial charge on any atom is -0.289 e. The molecule has 1 aromatic heterocycles. The van der Waals surface area contributed by atoms with Gasteiger partial charge in [0.2, 0.25) is 5.91 Å². The van der Waals surface area contributed by atoms with Crippen molar-refractivity contribution in [3.8, 4) is 0 Å². The van der Waals surface area contributed by atoms with Gasteiger partial charge < -0.3 is 0 Å². The third-order valence-corrected chi connectivity index (χ3v) is 3.82. The summed E-state index contributed by atoms with van der Waals surface area (Å²) < 4.78 is 0.907. The summed E-state index contributed by atoms with van der Waals surface area (Å²) in [6.07, 6.45) is 9.65. The molecular formula is C12H17BrN2O2S. The van der Waals surface area contributed by atoms with Crippen LogP contribution in [0.1, 0.15) is 44.2 Å². The number of halogens is 1. The molecule has 0 radical (unpaired) electrons. The number of carbonyl (C=O) groups excluding carboxylic acids is 1. The van der Waals surface area contributed by atoms with E-state index < -0.39 is 0 Å². The van der Waals surface area contributed by atoms with Gasteiger partial charge in [0.25, 0.3) is 0 Å². The van der Waals surface area contributed by atoms with Gasteiger partial charge in [0.15, 0.2) is 3.92 Å². The largest absolute Gasteiger partial charge is 0.289 e. The van der Waals surface area contributed by atoms with Crippen LogP contribution in [0.4, 0.5) is 0 Å². The molecule has 6 heteroatoms. The van der Waals surface area contributed by atoms with E-state index in [1.165, 1.54) is 0 Å². The lowest BCUT2D eigenvalue weighted by Gasteiger charge is -1.98. The Morgan fingerprint density at radius 1 is 1.44 bits per heavy atom. The Labute approximate surface area is 119 Å². The van der Waals surface area contributed by atoms with Crippen molar-refractivity contribution >= 4 is 39.2 Å². The molecule has 1 amide bonds. The molecule has 0 saturated carbocycles. The number of unbranched alkanes of at least 4 members (excludes halogenated alkanes) is 4. The Morgan fingerprint density at radius 3 is 2.89 bits per heavy atom. The van der Waals surface area contributed by atoms with Gasteiger partial charge in [-0.25, -0.2) is 10.5 Å². The van der Waals surface area contributed by atoms with Crippen molar-refractivity contribution in [1.82, 2.24) is 10.5 Å². The molecule has 100 valence electrons. The lowest BCUT2D eigenvalue weighted by molar-refractivity contribution is -0.129. The number of amides is 1. The second kappa shape index (κ2) is 9.24. The molecule has 0 aromatic carbocycles. The van der Waals surface area contributed by atoms with Gasteiger partial charge in [0, 0.05) is 11.8 Å². The van der Waals surface area contributed by atoms with Crippen molar-refractivity contribution in [3.05, 3.63) is 21.1 Å². The van der Waals surface area contributed by atoms with E-state index in [4.69, 9.17) is 5.21 Å². The SMILES string of the molecule is O=C(CCCCCC/C=C/c1csc(Br)n1)NO. The van der Waals surface area contributed by atoms with Gasteiger partial charge in [-0.1, -0.05) is 18.9 Å². The van der Waals surface area contributed by atoms with Gasteiger partial charge in [-0.2, -0.15) is 0 Å². The van der Waals surface area contributed by atoms with Crippen LogP contribution in [0.3, 0.4) is 0 Å². The predicted octanol–water partition coefficient (Wildman–Crippen LogP) is 3.76. The summed E-state index contributed by atoms with van der Waals surface area (Å²) in [5, 5.41) is 10.3. The number of thiazole rings is 1. The topological polar surface area (TPSA) is 62.2 Å². The highest BCUT2D eigenvalue weighted by atomic mass is 79.9. The molecular weight excluding hydrogens is 316 g/mol. The Balaban J connectivity index is 1.98. The molecule has 4 nitrogen and oxygen atoms in total. The zero-order valence-electron chi connectivity index (χ0n) is 10.1. The first kappa shape index (κ1) is 15.3. The smallest absolute Gasteiger partial charge is 0.243 e. The minimum absolute atomic E-state index is 0.302. The van der Waals surface area contributed by atoms with Gasteiger partial charge in [-0.05, 0) is 41.3 Å². The lowest BCUT2D eigenvalue weighted by atomic mass is 10.1. The number of rotatable bonds is 8.